The van der Waals surface area contributed by atoms with Gasteiger partial charge in [0.05, 0.1) is 5.02 Å². The highest BCUT2D eigenvalue weighted by Crippen LogP contribution is 2.23. The summed E-state index contributed by atoms with van der Waals surface area (Å²) in [6, 6.07) is 14.8. The molecule has 106 valence electrons. The lowest BCUT2D eigenvalue weighted by molar-refractivity contribution is 0.692. The molecule has 0 heterocycles. The lowest BCUT2D eigenvalue weighted by atomic mass is 10.0. The molecule has 0 spiro atoms. The molecule has 2 rings (SSSR count). The van der Waals surface area contributed by atoms with Gasteiger partial charge in [-0.05, 0) is 50.7 Å². The third kappa shape index (κ3) is 4.34. The molecule has 0 unspecified atom stereocenters. The zero-order valence-electron chi connectivity index (χ0n) is 11.8. The third-order valence-electron chi connectivity index (χ3n) is 3.29. The van der Waals surface area contributed by atoms with Crippen molar-refractivity contribution < 1.29 is 0 Å². The minimum atomic E-state index is 0.587. The molecule has 20 heavy (non-hydrogen) atoms. The number of rotatable bonds is 5. The second kappa shape index (κ2) is 7.26. The predicted octanol–water partition coefficient (Wildman–Crippen LogP) is 5.52. The molecule has 0 aliphatic rings. The number of nitrogens with one attached hydrogen (secondary N) is 1. The van der Waals surface area contributed by atoms with Crippen LogP contribution in [-0.2, 0) is 13.1 Å². The lowest BCUT2D eigenvalue weighted by Gasteiger charge is -2.09. The number of benzene rings is 2. The van der Waals surface area contributed by atoms with Crippen LogP contribution < -0.4 is 5.32 Å². The molecule has 1 N–H and O–H groups in total. The summed E-state index contributed by atoms with van der Waals surface area (Å²) < 4.78 is 0.944. The maximum atomic E-state index is 5.98. The van der Waals surface area contributed by atoms with Gasteiger partial charge < -0.3 is 5.32 Å². The van der Waals surface area contributed by atoms with E-state index in [2.05, 4.69) is 65.4 Å². The van der Waals surface area contributed by atoms with E-state index in [0.29, 0.717) is 5.92 Å². The topological polar surface area (TPSA) is 12.0 Å². The fraction of sp³-hybridized carbons (Fsp3) is 0.294. The summed E-state index contributed by atoms with van der Waals surface area (Å²) in [5, 5.41) is 4.20. The van der Waals surface area contributed by atoms with Gasteiger partial charge in [0.1, 0.15) is 0 Å². The average molecular weight is 353 g/mol. The van der Waals surface area contributed by atoms with Crippen LogP contribution >= 0.6 is 27.5 Å². The van der Waals surface area contributed by atoms with Gasteiger partial charge in [0.15, 0.2) is 0 Å². The fourth-order valence-electron chi connectivity index (χ4n) is 2.02. The molecule has 0 radical (unpaired) electrons. The standard InChI is InChI=1S/C17H19BrClN/c1-12(2)15-6-3-13(4-7-15)10-20-11-14-5-8-17(19)16(18)9-14/h3-9,12,20H,10-11H2,1-2H3. The first-order chi connectivity index (χ1) is 9.56. The van der Waals surface area contributed by atoms with Gasteiger partial charge in [-0.1, -0.05) is 55.8 Å². The highest BCUT2D eigenvalue weighted by atomic mass is 79.9. The summed E-state index contributed by atoms with van der Waals surface area (Å²) in [5.41, 5.74) is 3.91. The van der Waals surface area contributed by atoms with Gasteiger partial charge >= 0.3 is 0 Å². The average Bonchev–Trinajstić information content (AvgIpc) is 2.43. The molecule has 0 aromatic heterocycles. The normalized spacial score (nSPS) is 11.1. The first kappa shape index (κ1) is 15.6. The van der Waals surface area contributed by atoms with Crippen LogP contribution in [0.3, 0.4) is 0 Å². The van der Waals surface area contributed by atoms with Crippen LogP contribution in [0, 0.1) is 0 Å². The zero-order chi connectivity index (χ0) is 14.5. The van der Waals surface area contributed by atoms with Gasteiger partial charge in [-0.15, -0.1) is 0 Å². The molecular weight excluding hydrogens is 334 g/mol. The van der Waals surface area contributed by atoms with Crippen LogP contribution in [0.5, 0.6) is 0 Å². The Morgan fingerprint density at radius 2 is 1.60 bits per heavy atom. The molecule has 2 aromatic rings. The summed E-state index contributed by atoms with van der Waals surface area (Å²) >= 11 is 9.43. The van der Waals surface area contributed by atoms with Crippen molar-refractivity contribution in [1.29, 1.82) is 0 Å². The van der Waals surface area contributed by atoms with E-state index in [1.165, 1.54) is 16.7 Å². The van der Waals surface area contributed by atoms with Crippen molar-refractivity contribution in [3.8, 4) is 0 Å². The summed E-state index contributed by atoms with van der Waals surface area (Å²) in [7, 11) is 0. The van der Waals surface area contributed by atoms with E-state index in [1.54, 1.807) is 0 Å². The molecular formula is C17H19BrClN. The summed E-state index contributed by atoms with van der Waals surface area (Å²) in [6.45, 7) is 6.14. The Hall–Kier alpha value is -0.830. The minimum absolute atomic E-state index is 0.587. The van der Waals surface area contributed by atoms with Crippen molar-refractivity contribution in [2.45, 2.75) is 32.9 Å². The van der Waals surface area contributed by atoms with E-state index in [-0.39, 0.29) is 0 Å². The first-order valence-electron chi connectivity index (χ1n) is 6.79. The Bertz CT molecular complexity index is 564. The van der Waals surface area contributed by atoms with E-state index in [9.17, 15) is 0 Å². The predicted molar refractivity (Wildman–Crippen MR) is 90.2 cm³/mol. The third-order valence-corrected chi connectivity index (χ3v) is 4.50. The molecule has 0 bridgehead atoms. The first-order valence-corrected chi connectivity index (χ1v) is 7.97. The van der Waals surface area contributed by atoms with E-state index in [4.69, 9.17) is 11.6 Å². The van der Waals surface area contributed by atoms with Crippen molar-refractivity contribution >= 4 is 27.5 Å². The monoisotopic (exact) mass is 351 g/mol. The maximum absolute atomic E-state index is 5.98. The molecule has 2 aromatic carbocycles. The van der Waals surface area contributed by atoms with Crippen LogP contribution in [0.4, 0.5) is 0 Å². The second-order valence-corrected chi connectivity index (χ2v) is 6.51. The molecule has 0 saturated carbocycles. The highest BCUT2D eigenvalue weighted by molar-refractivity contribution is 9.10. The number of hydrogen-bond acceptors (Lipinski definition) is 1. The molecule has 1 nitrogen and oxygen atoms in total. The Labute approximate surface area is 134 Å². The smallest absolute Gasteiger partial charge is 0.0548 e. The molecule has 0 saturated heterocycles. The molecule has 0 fully saturated rings. The van der Waals surface area contributed by atoms with Gasteiger partial charge in [0.25, 0.3) is 0 Å². The van der Waals surface area contributed by atoms with Crippen LogP contribution in [0.1, 0.15) is 36.5 Å². The maximum Gasteiger partial charge on any atom is 0.0548 e. The fourth-order valence-corrected chi connectivity index (χ4v) is 2.56. The largest absolute Gasteiger partial charge is 0.309 e. The SMILES string of the molecule is CC(C)c1ccc(CNCc2ccc(Cl)c(Br)c2)cc1. The van der Waals surface area contributed by atoms with Gasteiger partial charge in [-0.25, -0.2) is 0 Å². The van der Waals surface area contributed by atoms with Crippen molar-refractivity contribution in [3.05, 3.63) is 68.7 Å². The lowest BCUT2D eigenvalue weighted by Crippen LogP contribution is -2.12. The van der Waals surface area contributed by atoms with Gasteiger partial charge in [0, 0.05) is 17.6 Å². The molecule has 0 atom stereocenters. The van der Waals surface area contributed by atoms with Gasteiger partial charge in [0.2, 0.25) is 0 Å². The van der Waals surface area contributed by atoms with Crippen LogP contribution in [0.2, 0.25) is 5.02 Å². The summed E-state index contributed by atoms with van der Waals surface area (Å²) in [6.07, 6.45) is 0. The Morgan fingerprint density at radius 1 is 1.00 bits per heavy atom. The van der Waals surface area contributed by atoms with Crippen molar-refractivity contribution in [2.24, 2.45) is 0 Å². The van der Waals surface area contributed by atoms with Crippen LogP contribution in [0.25, 0.3) is 0 Å². The Morgan fingerprint density at radius 3 is 2.20 bits per heavy atom. The van der Waals surface area contributed by atoms with Crippen molar-refractivity contribution in [2.75, 3.05) is 0 Å². The summed E-state index contributed by atoms with van der Waals surface area (Å²) in [5.74, 6) is 0.587. The van der Waals surface area contributed by atoms with E-state index in [1.807, 2.05) is 12.1 Å². The van der Waals surface area contributed by atoms with Crippen LogP contribution in [0.15, 0.2) is 46.9 Å². The Kier molecular flexibility index (Phi) is 5.64. The van der Waals surface area contributed by atoms with E-state index >= 15 is 0 Å². The highest BCUT2D eigenvalue weighted by Gasteiger charge is 2.01. The zero-order valence-corrected chi connectivity index (χ0v) is 14.1. The van der Waals surface area contributed by atoms with Crippen molar-refractivity contribution in [1.82, 2.24) is 5.32 Å². The number of hydrogen-bond donors (Lipinski definition) is 1. The quantitative estimate of drug-likeness (QED) is 0.747. The van der Waals surface area contributed by atoms with Gasteiger partial charge in [-0.3, -0.25) is 0 Å². The van der Waals surface area contributed by atoms with Crippen LogP contribution in [-0.4, -0.2) is 0 Å². The Balaban J connectivity index is 1.87. The van der Waals surface area contributed by atoms with E-state index in [0.717, 1.165) is 22.6 Å². The number of halogens is 2. The molecule has 0 aliphatic heterocycles. The molecule has 0 aliphatic carbocycles. The summed E-state index contributed by atoms with van der Waals surface area (Å²) in [4.78, 5) is 0. The molecule has 0 amide bonds. The minimum Gasteiger partial charge on any atom is -0.309 e. The van der Waals surface area contributed by atoms with Gasteiger partial charge in [-0.2, -0.15) is 0 Å². The van der Waals surface area contributed by atoms with E-state index < -0.39 is 0 Å². The molecule has 3 heteroatoms. The van der Waals surface area contributed by atoms with Crippen molar-refractivity contribution in [3.63, 3.8) is 0 Å². The second-order valence-electron chi connectivity index (χ2n) is 5.25.